The highest BCUT2D eigenvalue weighted by atomic mass is 35.5. The number of rotatable bonds is 5. The van der Waals surface area contributed by atoms with Crippen LogP contribution >= 0.6 is 23.2 Å². The van der Waals surface area contributed by atoms with Crippen molar-refractivity contribution < 1.29 is 8.42 Å². The van der Waals surface area contributed by atoms with Crippen molar-refractivity contribution in [1.82, 2.24) is 0 Å². The summed E-state index contributed by atoms with van der Waals surface area (Å²) in [4.78, 5) is 0.181. The number of sulfonamides is 1. The molecular weight excluding hydrogens is 437 g/mol. The highest BCUT2D eigenvalue weighted by molar-refractivity contribution is 7.89. The van der Waals surface area contributed by atoms with Gasteiger partial charge in [0.2, 0.25) is 10.0 Å². The Morgan fingerprint density at radius 3 is 1.50 bits per heavy atom. The molecule has 0 aromatic heterocycles. The maximum atomic E-state index is 11.6. The number of nitrogens with two attached hydrogens (primary N) is 1. The molecular formula is C24H35Cl2NO2S. The normalized spacial score (nSPS) is 12.0. The van der Waals surface area contributed by atoms with Crippen molar-refractivity contribution in [2.24, 2.45) is 5.14 Å². The van der Waals surface area contributed by atoms with Gasteiger partial charge >= 0.3 is 0 Å². The first-order valence-corrected chi connectivity index (χ1v) is 12.6. The van der Waals surface area contributed by atoms with E-state index >= 15 is 0 Å². The fourth-order valence-corrected chi connectivity index (χ4v) is 4.81. The third-order valence-corrected chi connectivity index (χ3v) is 6.61. The summed E-state index contributed by atoms with van der Waals surface area (Å²) in [6.07, 6.45) is 0. The van der Waals surface area contributed by atoms with Gasteiger partial charge in [0.25, 0.3) is 0 Å². The molecule has 0 fully saturated rings. The highest BCUT2D eigenvalue weighted by Gasteiger charge is 2.20. The summed E-state index contributed by atoms with van der Waals surface area (Å²) in [7, 11) is -3.71. The quantitative estimate of drug-likeness (QED) is 0.482. The lowest BCUT2D eigenvalue weighted by Gasteiger charge is -2.16. The molecule has 0 amide bonds. The molecule has 0 aliphatic rings. The molecule has 0 aliphatic heterocycles. The second kappa shape index (κ2) is 11.0. The molecule has 0 saturated carbocycles. The fraction of sp³-hybridized carbons (Fsp3) is 0.500. The van der Waals surface area contributed by atoms with E-state index in [1.807, 2.05) is 27.7 Å². The molecule has 0 spiro atoms. The van der Waals surface area contributed by atoms with Crippen LogP contribution in [0, 0.1) is 0 Å². The van der Waals surface area contributed by atoms with Crippen molar-refractivity contribution in [3.63, 3.8) is 0 Å². The van der Waals surface area contributed by atoms with Gasteiger partial charge in [-0.1, -0.05) is 90.7 Å². The molecule has 0 bridgehead atoms. The molecule has 6 heteroatoms. The van der Waals surface area contributed by atoms with Gasteiger partial charge in [-0.05, 0) is 64.1 Å². The number of hydrogen-bond donors (Lipinski definition) is 1. The average Bonchev–Trinajstić information content (AvgIpc) is 2.60. The number of primary sulfonamides is 1. The Balaban J connectivity index is 0.000000311. The molecule has 168 valence electrons. The first-order chi connectivity index (χ1) is 13.7. The summed E-state index contributed by atoms with van der Waals surface area (Å²) in [5, 5.41) is 6.74. The Labute approximate surface area is 193 Å². The molecule has 0 heterocycles. The van der Waals surface area contributed by atoms with Crippen molar-refractivity contribution in [3.8, 4) is 0 Å². The number of halogens is 2. The Morgan fingerprint density at radius 2 is 1.13 bits per heavy atom. The zero-order valence-electron chi connectivity index (χ0n) is 19.3. The largest absolute Gasteiger partial charge is 0.238 e. The van der Waals surface area contributed by atoms with Gasteiger partial charge < -0.3 is 0 Å². The van der Waals surface area contributed by atoms with Crippen molar-refractivity contribution in [2.75, 3.05) is 0 Å². The summed E-state index contributed by atoms with van der Waals surface area (Å²) in [5.41, 5.74) is 4.03. The predicted molar refractivity (Wildman–Crippen MR) is 131 cm³/mol. The van der Waals surface area contributed by atoms with Gasteiger partial charge in [-0.25, -0.2) is 13.6 Å². The lowest BCUT2D eigenvalue weighted by atomic mass is 9.97. The lowest BCUT2D eigenvalue weighted by Crippen LogP contribution is -2.16. The smallest absolute Gasteiger partial charge is 0.225 e. The van der Waals surface area contributed by atoms with Crippen LogP contribution in [0.25, 0.3) is 0 Å². The van der Waals surface area contributed by atoms with E-state index in [0.29, 0.717) is 22.4 Å². The molecule has 2 aromatic carbocycles. The molecule has 0 saturated heterocycles. The van der Waals surface area contributed by atoms with Gasteiger partial charge in [0.05, 0.1) is 4.90 Å². The summed E-state index contributed by atoms with van der Waals surface area (Å²) in [5.74, 6) is 1.28. The van der Waals surface area contributed by atoms with E-state index < -0.39 is 10.0 Å². The van der Waals surface area contributed by atoms with Gasteiger partial charge in [0.15, 0.2) is 0 Å². The van der Waals surface area contributed by atoms with Crippen LogP contribution in [0.3, 0.4) is 0 Å². The third-order valence-electron chi connectivity index (χ3n) is 4.99. The van der Waals surface area contributed by atoms with Gasteiger partial charge in [-0.3, -0.25) is 0 Å². The van der Waals surface area contributed by atoms with Crippen LogP contribution in [0.4, 0.5) is 0 Å². The van der Waals surface area contributed by atoms with E-state index in [-0.39, 0.29) is 16.7 Å². The third kappa shape index (κ3) is 7.26. The van der Waals surface area contributed by atoms with Gasteiger partial charge in [-0.2, -0.15) is 0 Å². The summed E-state index contributed by atoms with van der Waals surface area (Å²) >= 11 is 12.3. The lowest BCUT2D eigenvalue weighted by molar-refractivity contribution is 0.595. The SMILES string of the molecule is CC(C)c1cc(S(N)(=O)=O)c(C(C)C)cc1Cl.CC(C)c1ccc(C(C)C)c(Cl)c1. The fourth-order valence-electron chi connectivity index (χ4n) is 3.10. The monoisotopic (exact) mass is 471 g/mol. The minimum atomic E-state index is -3.71. The molecule has 0 atom stereocenters. The van der Waals surface area contributed by atoms with Gasteiger partial charge in [0.1, 0.15) is 0 Å². The minimum Gasteiger partial charge on any atom is -0.225 e. The average molecular weight is 473 g/mol. The summed E-state index contributed by atoms with van der Waals surface area (Å²) < 4.78 is 23.2. The molecule has 2 N–H and O–H groups in total. The second-order valence-electron chi connectivity index (χ2n) is 8.86. The van der Waals surface area contributed by atoms with Crippen LogP contribution < -0.4 is 5.14 Å². The number of hydrogen-bond acceptors (Lipinski definition) is 2. The van der Waals surface area contributed by atoms with Crippen LogP contribution in [0.15, 0.2) is 35.2 Å². The summed E-state index contributed by atoms with van der Waals surface area (Å²) in [6, 6.07) is 9.70. The maximum Gasteiger partial charge on any atom is 0.238 e. The van der Waals surface area contributed by atoms with Crippen LogP contribution in [-0.4, -0.2) is 8.42 Å². The van der Waals surface area contributed by atoms with Crippen molar-refractivity contribution in [2.45, 2.75) is 84.0 Å². The van der Waals surface area contributed by atoms with Crippen molar-refractivity contribution in [1.29, 1.82) is 0 Å². The Morgan fingerprint density at radius 1 is 0.667 bits per heavy atom. The van der Waals surface area contributed by atoms with Gasteiger partial charge in [0, 0.05) is 10.0 Å². The zero-order valence-corrected chi connectivity index (χ0v) is 21.6. The molecule has 2 rings (SSSR count). The van der Waals surface area contributed by atoms with E-state index in [2.05, 4.69) is 45.9 Å². The number of benzene rings is 2. The van der Waals surface area contributed by atoms with Crippen molar-refractivity contribution >= 4 is 33.2 Å². The van der Waals surface area contributed by atoms with E-state index in [1.54, 1.807) is 12.1 Å². The topological polar surface area (TPSA) is 60.2 Å². The minimum absolute atomic E-state index is 0.0574. The summed E-state index contributed by atoms with van der Waals surface area (Å²) in [6.45, 7) is 16.4. The molecule has 0 aliphatic carbocycles. The van der Waals surface area contributed by atoms with Crippen LogP contribution in [0.1, 0.15) is 101 Å². The Kier molecular flexibility index (Phi) is 9.88. The molecule has 0 unspecified atom stereocenters. The maximum absolute atomic E-state index is 11.6. The molecule has 3 nitrogen and oxygen atoms in total. The standard InChI is InChI=1S/C12H18ClNO2S.C12H17Cl/c1-7(2)9-6-12(17(14,15)16)10(8(3)4)5-11(9)13;1-8(2)10-5-6-11(9(3)4)12(13)7-10/h5-8H,1-4H3,(H2,14,15,16);5-9H,1-4H3. The highest BCUT2D eigenvalue weighted by Crippen LogP contribution is 2.33. The van der Waals surface area contributed by atoms with E-state index in [1.165, 1.54) is 11.1 Å². The van der Waals surface area contributed by atoms with Crippen LogP contribution in [0.2, 0.25) is 10.0 Å². The molecule has 2 aromatic rings. The van der Waals surface area contributed by atoms with E-state index in [9.17, 15) is 8.42 Å². The Bertz CT molecular complexity index is 965. The second-order valence-corrected chi connectivity index (χ2v) is 11.2. The van der Waals surface area contributed by atoms with Crippen molar-refractivity contribution in [3.05, 3.63) is 62.6 Å². The van der Waals surface area contributed by atoms with Crippen LogP contribution in [-0.2, 0) is 10.0 Å². The first kappa shape index (κ1) is 27.0. The van der Waals surface area contributed by atoms with Crippen LogP contribution in [0.5, 0.6) is 0 Å². The Hall–Kier alpha value is -1.07. The first-order valence-electron chi connectivity index (χ1n) is 10.3. The predicted octanol–water partition coefficient (Wildman–Crippen LogP) is 7.82. The van der Waals surface area contributed by atoms with E-state index in [0.717, 1.165) is 10.6 Å². The molecule has 30 heavy (non-hydrogen) atoms. The van der Waals surface area contributed by atoms with E-state index in [4.69, 9.17) is 28.3 Å². The molecule has 0 radical (unpaired) electrons. The van der Waals surface area contributed by atoms with Gasteiger partial charge in [-0.15, -0.1) is 0 Å². The zero-order chi connectivity index (χ0) is 23.4.